The highest BCUT2D eigenvalue weighted by Crippen LogP contribution is 2.10. The zero-order valence-electron chi connectivity index (χ0n) is 8.14. The largest absolute Gasteiger partial charge is 0.279 e. The third kappa shape index (κ3) is 3.23. The summed E-state index contributed by atoms with van der Waals surface area (Å²) in [5, 5.41) is 10.1. The first-order valence-electron chi connectivity index (χ1n) is 4.58. The van der Waals surface area contributed by atoms with Gasteiger partial charge in [-0.2, -0.15) is 0 Å². The Bertz CT molecular complexity index is 252. The highest BCUT2D eigenvalue weighted by atomic mass is 15.5. The molecule has 1 rings (SSSR count). The molecule has 1 aromatic carbocycles. The summed E-state index contributed by atoms with van der Waals surface area (Å²) < 4.78 is 0. The van der Waals surface area contributed by atoms with Gasteiger partial charge in [0.15, 0.2) is 0 Å². The second-order valence-corrected chi connectivity index (χ2v) is 2.66. The van der Waals surface area contributed by atoms with Gasteiger partial charge in [0.1, 0.15) is 0 Å². The van der Waals surface area contributed by atoms with Crippen molar-refractivity contribution in [1.29, 1.82) is 0 Å². The van der Waals surface area contributed by atoms with Crippen LogP contribution in [0.2, 0.25) is 0 Å². The Balaban J connectivity index is 2.57. The van der Waals surface area contributed by atoms with E-state index in [1.54, 1.807) is 0 Å². The molecule has 0 spiro atoms. The smallest absolute Gasteiger partial charge is 0.0874 e. The zero-order valence-corrected chi connectivity index (χ0v) is 8.14. The van der Waals surface area contributed by atoms with Gasteiger partial charge in [0.05, 0.1) is 5.69 Å². The molecule has 0 radical (unpaired) electrons. The molecule has 0 saturated carbocycles. The van der Waals surface area contributed by atoms with Crippen molar-refractivity contribution < 1.29 is 0 Å². The average Bonchev–Trinajstić information content (AvgIpc) is 2.21. The molecule has 0 aliphatic rings. The van der Waals surface area contributed by atoms with Crippen LogP contribution in [0, 0.1) is 0 Å². The predicted molar refractivity (Wildman–Crippen MR) is 53.9 cm³/mol. The quantitative estimate of drug-likeness (QED) is 0.513. The van der Waals surface area contributed by atoms with E-state index in [0.29, 0.717) is 0 Å². The number of benzene rings is 1. The SMILES string of the molecule is CCN(CC)/N=N\c1ccccc1. The van der Waals surface area contributed by atoms with E-state index in [-0.39, 0.29) is 0 Å². The van der Waals surface area contributed by atoms with Gasteiger partial charge in [0.2, 0.25) is 0 Å². The van der Waals surface area contributed by atoms with Gasteiger partial charge >= 0.3 is 0 Å². The number of rotatable bonds is 4. The average molecular weight is 177 g/mol. The second-order valence-electron chi connectivity index (χ2n) is 2.66. The molecule has 0 aliphatic carbocycles. The third-order valence-corrected chi connectivity index (χ3v) is 1.77. The molecule has 1 aromatic rings. The van der Waals surface area contributed by atoms with Gasteiger partial charge in [-0.25, -0.2) is 0 Å². The summed E-state index contributed by atoms with van der Waals surface area (Å²) in [5.74, 6) is 0. The molecule has 0 fully saturated rings. The van der Waals surface area contributed by atoms with Gasteiger partial charge < -0.3 is 0 Å². The van der Waals surface area contributed by atoms with Gasteiger partial charge in [0.25, 0.3) is 0 Å². The Morgan fingerprint density at radius 2 is 1.69 bits per heavy atom. The molecule has 0 aliphatic heterocycles. The van der Waals surface area contributed by atoms with E-state index in [9.17, 15) is 0 Å². The van der Waals surface area contributed by atoms with Crippen LogP contribution in [0.1, 0.15) is 13.8 Å². The fourth-order valence-electron chi connectivity index (χ4n) is 0.960. The van der Waals surface area contributed by atoms with Crippen LogP contribution in [0.15, 0.2) is 40.7 Å². The van der Waals surface area contributed by atoms with Crippen molar-refractivity contribution in [1.82, 2.24) is 5.01 Å². The molecule has 0 aromatic heterocycles. The Labute approximate surface area is 79.1 Å². The highest BCUT2D eigenvalue weighted by molar-refractivity contribution is 5.34. The van der Waals surface area contributed by atoms with Crippen LogP contribution >= 0.6 is 0 Å². The van der Waals surface area contributed by atoms with E-state index < -0.39 is 0 Å². The van der Waals surface area contributed by atoms with Crippen molar-refractivity contribution >= 4 is 5.69 Å². The standard InChI is InChI=1S/C10H15N3/c1-3-13(4-2)12-11-10-8-6-5-7-9-10/h5-9H,3-4H2,1-2H3/b12-11-. The third-order valence-electron chi connectivity index (χ3n) is 1.77. The summed E-state index contributed by atoms with van der Waals surface area (Å²) in [6.45, 7) is 5.92. The zero-order chi connectivity index (χ0) is 9.52. The summed E-state index contributed by atoms with van der Waals surface area (Å²) in [4.78, 5) is 0. The Morgan fingerprint density at radius 1 is 1.08 bits per heavy atom. The highest BCUT2D eigenvalue weighted by Gasteiger charge is 1.91. The lowest BCUT2D eigenvalue weighted by atomic mass is 10.3. The van der Waals surface area contributed by atoms with E-state index in [1.165, 1.54) is 0 Å². The lowest BCUT2D eigenvalue weighted by Crippen LogP contribution is -2.14. The molecular formula is C10H15N3. The van der Waals surface area contributed by atoms with Crippen LogP contribution in [-0.4, -0.2) is 18.1 Å². The predicted octanol–water partition coefficient (Wildman–Crippen LogP) is 3.03. The van der Waals surface area contributed by atoms with Gasteiger partial charge in [-0.1, -0.05) is 23.4 Å². The molecule has 0 saturated heterocycles. The van der Waals surface area contributed by atoms with E-state index >= 15 is 0 Å². The molecular weight excluding hydrogens is 162 g/mol. The first kappa shape index (κ1) is 9.71. The van der Waals surface area contributed by atoms with E-state index in [2.05, 4.69) is 24.2 Å². The van der Waals surface area contributed by atoms with Gasteiger partial charge in [0, 0.05) is 13.1 Å². The monoisotopic (exact) mass is 177 g/mol. The minimum Gasteiger partial charge on any atom is -0.279 e. The van der Waals surface area contributed by atoms with Crippen LogP contribution < -0.4 is 0 Å². The normalized spacial score (nSPS) is 10.6. The Hall–Kier alpha value is -1.38. The first-order chi connectivity index (χ1) is 6.36. The minimum atomic E-state index is 0.896. The van der Waals surface area contributed by atoms with Gasteiger partial charge in [-0.05, 0) is 26.0 Å². The van der Waals surface area contributed by atoms with Gasteiger partial charge in [-0.3, -0.25) is 5.01 Å². The molecule has 0 unspecified atom stereocenters. The fraction of sp³-hybridized carbons (Fsp3) is 0.400. The van der Waals surface area contributed by atoms with Crippen LogP contribution in [0.4, 0.5) is 5.69 Å². The number of hydrogen-bond donors (Lipinski definition) is 0. The van der Waals surface area contributed by atoms with Crippen molar-refractivity contribution in [3.63, 3.8) is 0 Å². The van der Waals surface area contributed by atoms with E-state index in [4.69, 9.17) is 0 Å². The van der Waals surface area contributed by atoms with Crippen LogP contribution in [0.3, 0.4) is 0 Å². The molecule has 3 nitrogen and oxygen atoms in total. The Kier molecular flexibility index (Phi) is 3.96. The van der Waals surface area contributed by atoms with Crippen molar-refractivity contribution in [3.8, 4) is 0 Å². The summed E-state index contributed by atoms with van der Waals surface area (Å²) in [7, 11) is 0. The lowest BCUT2D eigenvalue weighted by Gasteiger charge is -2.10. The van der Waals surface area contributed by atoms with Crippen molar-refractivity contribution in [2.45, 2.75) is 13.8 Å². The van der Waals surface area contributed by atoms with Gasteiger partial charge in [-0.15, -0.1) is 5.11 Å². The molecule has 3 heteroatoms. The summed E-state index contributed by atoms with van der Waals surface area (Å²) in [6, 6.07) is 9.75. The molecule has 0 amide bonds. The molecule has 0 N–H and O–H groups in total. The fourth-order valence-corrected chi connectivity index (χ4v) is 0.960. The van der Waals surface area contributed by atoms with Crippen LogP contribution in [0.5, 0.6) is 0 Å². The lowest BCUT2D eigenvalue weighted by molar-refractivity contribution is 0.301. The van der Waals surface area contributed by atoms with Crippen LogP contribution in [-0.2, 0) is 0 Å². The summed E-state index contributed by atoms with van der Waals surface area (Å²) in [5.41, 5.74) is 0.898. The maximum atomic E-state index is 4.10. The maximum absolute atomic E-state index is 4.10. The molecule has 0 bridgehead atoms. The summed E-state index contributed by atoms with van der Waals surface area (Å²) in [6.07, 6.45) is 0. The topological polar surface area (TPSA) is 28.0 Å². The molecule has 13 heavy (non-hydrogen) atoms. The number of hydrogen-bond acceptors (Lipinski definition) is 2. The molecule has 70 valence electrons. The van der Waals surface area contributed by atoms with Crippen molar-refractivity contribution in [2.24, 2.45) is 10.3 Å². The first-order valence-corrected chi connectivity index (χ1v) is 4.58. The minimum absolute atomic E-state index is 0.896. The maximum Gasteiger partial charge on any atom is 0.0874 e. The summed E-state index contributed by atoms with van der Waals surface area (Å²) >= 11 is 0. The van der Waals surface area contributed by atoms with Crippen LogP contribution in [0.25, 0.3) is 0 Å². The van der Waals surface area contributed by atoms with Crippen molar-refractivity contribution in [2.75, 3.05) is 13.1 Å². The van der Waals surface area contributed by atoms with E-state index in [0.717, 1.165) is 18.8 Å². The molecule has 0 heterocycles. The Morgan fingerprint density at radius 3 is 2.23 bits per heavy atom. The van der Waals surface area contributed by atoms with Crippen molar-refractivity contribution in [3.05, 3.63) is 30.3 Å². The van der Waals surface area contributed by atoms with E-state index in [1.807, 2.05) is 35.3 Å². The number of nitrogens with zero attached hydrogens (tertiary/aromatic N) is 3. The molecule has 0 atom stereocenters. The second kappa shape index (κ2) is 5.30.